The van der Waals surface area contributed by atoms with Crippen molar-refractivity contribution in [2.24, 2.45) is 0 Å². The quantitative estimate of drug-likeness (QED) is 0.756. The highest BCUT2D eigenvalue weighted by Gasteiger charge is 2.35. The van der Waals surface area contributed by atoms with Crippen molar-refractivity contribution >= 4 is 6.09 Å². The molecule has 1 heterocycles. The molecule has 1 unspecified atom stereocenters. The van der Waals surface area contributed by atoms with Crippen molar-refractivity contribution in [3.05, 3.63) is 0 Å². The van der Waals surface area contributed by atoms with E-state index in [2.05, 4.69) is 0 Å². The average Bonchev–Trinajstić information content (AvgIpc) is 2.29. The van der Waals surface area contributed by atoms with Gasteiger partial charge in [-0.1, -0.05) is 19.3 Å². The van der Waals surface area contributed by atoms with Gasteiger partial charge in [-0.2, -0.15) is 0 Å². The minimum Gasteiger partial charge on any atom is -0.449 e. The standard InChI is InChI=1S/C11H19NO3/c13-8-10-6-7-15-11(14)12(10)9-4-2-1-3-5-9/h9-10,13H,1-8H2. The Morgan fingerprint density at radius 3 is 2.67 bits per heavy atom. The summed E-state index contributed by atoms with van der Waals surface area (Å²) in [5.41, 5.74) is 0. The predicted molar refractivity (Wildman–Crippen MR) is 55.6 cm³/mol. The smallest absolute Gasteiger partial charge is 0.410 e. The largest absolute Gasteiger partial charge is 0.449 e. The van der Waals surface area contributed by atoms with E-state index < -0.39 is 0 Å². The third-order valence-electron chi connectivity index (χ3n) is 3.46. The van der Waals surface area contributed by atoms with Crippen LogP contribution >= 0.6 is 0 Å². The highest BCUT2D eigenvalue weighted by atomic mass is 16.6. The molecule has 1 aliphatic heterocycles. The SMILES string of the molecule is O=C1OCCC(CO)N1C1CCCCC1. The Bertz CT molecular complexity index is 226. The molecule has 15 heavy (non-hydrogen) atoms. The topological polar surface area (TPSA) is 49.8 Å². The first-order valence-electron chi connectivity index (χ1n) is 5.89. The number of ether oxygens (including phenoxy) is 1. The van der Waals surface area contributed by atoms with Gasteiger partial charge in [0.15, 0.2) is 0 Å². The summed E-state index contributed by atoms with van der Waals surface area (Å²) >= 11 is 0. The van der Waals surface area contributed by atoms with E-state index in [1.165, 1.54) is 19.3 Å². The molecule has 86 valence electrons. The second-order valence-electron chi connectivity index (χ2n) is 4.44. The molecule has 2 fully saturated rings. The summed E-state index contributed by atoms with van der Waals surface area (Å²) in [7, 11) is 0. The number of nitrogens with zero attached hydrogens (tertiary/aromatic N) is 1. The van der Waals surface area contributed by atoms with Gasteiger partial charge in [0.25, 0.3) is 0 Å². The Morgan fingerprint density at radius 1 is 1.27 bits per heavy atom. The van der Waals surface area contributed by atoms with Crippen LogP contribution in [0.25, 0.3) is 0 Å². The Labute approximate surface area is 90.2 Å². The summed E-state index contributed by atoms with van der Waals surface area (Å²) < 4.78 is 5.05. The molecule has 1 saturated heterocycles. The normalized spacial score (nSPS) is 29.0. The Hall–Kier alpha value is -0.770. The number of aliphatic hydroxyl groups is 1. The van der Waals surface area contributed by atoms with E-state index in [1.54, 1.807) is 4.90 Å². The van der Waals surface area contributed by atoms with E-state index in [-0.39, 0.29) is 18.7 Å². The Morgan fingerprint density at radius 2 is 2.00 bits per heavy atom. The van der Waals surface area contributed by atoms with Crippen molar-refractivity contribution in [3.63, 3.8) is 0 Å². The van der Waals surface area contributed by atoms with E-state index in [9.17, 15) is 9.90 Å². The van der Waals surface area contributed by atoms with Crippen molar-refractivity contribution < 1.29 is 14.6 Å². The Balaban J connectivity index is 2.03. The van der Waals surface area contributed by atoms with Crippen LogP contribution in [-0.2, 0) is 4.74 Å². The van der Waals surface area contributed by atoms with Crippen LogP contribution in [0.5, 0.6) is 0 Å². The molecule has 0 spiro atoms. The van der Waals surface area contributed by atoms with Crippen LogP contribution in [0.4, 0.5) is 4.79 Å². The lowest BCUT2D eigenvalue weighted by Crippen LogP contribution is -2.53. The fourth-order valence-electron chi connectivity index (χ4n) is 2.63. The zero-order valence-electron chi connectivity index (χ0n) is 9.02. The molecular formula is C11H19NO3. The second-order valence-corrected chi connectivity index (χ2v) is 4.44. The fourth-order valence-corrected chi connectivity index (χ4v) is 2.63. The lowest BCUT2D eigenvalue weighted by atomic mass is 9.93. The summed E-state index contributed by atoms with van der Waals surface area (Å²) in [5.74, 6) is 0. The molecule has 0 radical (unpaired) electrons. The van der Waals surface area contributed by atoms with Gasteiger partial charge in [-0.3, -0.25) is 4.90 Å². The maximum Gasteiger partial charge on any atom is 0.410 e. The molecular weight excluding hydrogens is 194 g/mol. The number of amides is 1. The first-order valence-corrected chi connectivity index (χ1v) is 5.89. The maximum atomic E-state index is 11.7. The molecule has 1 atom stereocenters. The van der Waals surface area contributed by atoms with Crippen LogP contribution in [0.15, 0.2) is 0 Å². The van der Waals surface area contributed by atoms with Crippen molar-refractivity contribution in [1.82, 2.24) is 4.90 Å². The van der Waals surface area contributed by atoms with E-state index in [0.717, 1.165) is 19.3 Å². The van der Waals surface area contributed by atoms with E-state index in [0.29, 0.717) is 12.6 Å². The molecule has 4 nitrogen and oxygen atoms in total. The summed E-state index contributed by atoms with van der Waals surface area (Å²) in [6, 6.07) is 0.276. The number of cyclic esters (lactones) is 1. The molecule has 0 bridgehead atoms. The Kier molecular flexibility index (Phi) is 3.46. The number of carbonyl (C=O) groups excluding carboxylic acids is 1. The molecule has 1 N–H and O–H groups in total. The van der Waals surface area contributed by atoms with Gasteiger partial charge in [0, 0.05) is 12.5 Å². The third kappa shape index (κ3) is 2.25. The van der Waals surface area contributed by atoms with Crippen LogP contribution in [0.2, 0.25) is 0 Å². The highest BCUT2D eigenvalue weighted by Crippen LogP contribution is 2.27. The van der Waals surface area contributed by atoms with Gasteiger partial charge >= 0.3 is 6.09 Å². The molecule has 2 aliphatic rings. The average molecular weight is 213 g/mol. The van der Waals surface area contributed by atoms with Gasteiger partial charge in [-0.15, -0.1) is 0 Å². The van der Waals surface area contributed by atoms with Gasteiger partial charge in [-0.25, -0.2) is 4.79 Å². The molecule has 1 aliphatic carbocycles. The van der Waals surface area contributed by atoms with Crippen molar-refractivity contribution in [2.45, 2.75) is 50.6 Å². The van der Waals surface area contributed by atoms with Crippen LogP contribution in [0.1, 0.15) is 38.5 Å². The van der Waals surface area contributed by atoms with Crippen molar-refractivity contribution in [3.8, 4) is 0 Å². The number of aliphatic hydroxyl groups excluding tert-OH is 1. The summed E-state index contributed by atoms with van der Waals surface area (Å²) in [5, 5.41) is 9.26. The van der Waals surface area contributed by atoms with Gasteiger partial charge in [-0.05, 0) is 12.8 Å². The first kappa shape index (κ1) is 10.7. The minimum atomic E-state index is -0.229. The maximum absolute atomic E-state index is 11.7. The van der Waals surface area contributed by atoms with E-state index in [1.807, 2.05) is 0 Å². The molecule has 1 amide bonds. The summed E-state index contributed by atoms with van der Waals surface area (Å²) in [4.78, 5) is 13.4. The summed E-state index contributed by atoms with van der Waals surface area (Å²) in [6.07, 6.45) is 6.30. The monoisotopic (exact) mass is 213 g/mol. The zero-order chi connectivity index (χ0) is 10.7. The molecule has 0 aromatic heterocycles. The van der Waals surface area contributed by atoms with E-state index in [4.69, 9.17) is 4.74 Å². The second kappa shape index (κ2) is 4.84. The molecule has 4 heteroatoms. The van der Waals surface area contributed by atoms with E-state index >= 15 is 0 Å². The minimum absolute atomic E-state index is 0.0191. The third-order valence-corrected chi connectivity index (χ3v) is 3.46. The predicted octanol–water partition coefficient (Wildman–Crippen LogP) is 1.52. The van der Waals surface area contributed by atoms with Crippen LogP contribution < -0.4 is 0 Å². The van der Waals surface area contributed by atoms with Crippen LogP contribution in [0, 0.1) is 0 Å². The lowest BCUT2D eigenvalue weighted by molar-refractivity contribution is -0.00172. The molecule has 2 rings (SSSR count). The van der Waals surface area contributed by atoms with Crippen molar-refractivity contribution in [2.75, 3.05) is 13.2 Å². The molecule has 1 saturated carbocycles. The molecule has 0 aromatic carbocycles. The number of carbonyl (C=O) groups is 1. The van der Waals surface area contributed by atoms with Crippen LogP contribution in [-0.4, -0.2) is 41.4 Å². The van der Waals surface area contributed by atoms with Crippen molar-refractivity contribution in [1.29, 1.82) is 0 Å². The fraction of sp³-hybridized carbons (Fsp3) is 0.909. The van der Waals surface area contributed by atoms with Crippen LogP contribution in [0.3, 0.4) is 0 Å². The number of hydrogen-bond donors (Lipinski definition) is 1. The number of rotatable bonds is 2. The first-order chi connectivity index (χ1) is 7.33. The summed E-state index contributed by atoms with van der Waals surface area (Å²) in [6.45, 7) is 0.513. The highest BCUT2D eigenvalue weighted by molar-refractivity contribution is 5.69. The number of hydrogen-bond acceptors (Lipinski definition) is 3. The molecule has 0 aromatic rings. The van der Waals surface area contributed by atoms with Gasteiger partial charge in [0.2, 0.25) is 0 Å². The van der Waals surface area contributed by atoms with Gasteiger partial charge in [0.1, 0.15) is 0 Å². The van der Waals surface area contributed by atoms with Gasteiger partial charge < -0.3 is 9.84 Å². The lowest BCUT2D eigenvalue weighted by Gasteiger charge is -2.41. The van der Waals surface area contributed by atoms with Gasteiger partial charge in [0.05, 0.1) is 19.3 Å². The zero-order valence-corrected chi connectivity index (χ0v) is 9.02.